The van der Waals surface area contributed by atoms with Gasteiger partial charge in [0.05, 0.1) is 12.1 Å². The van der Waals surface area contributed by atoms with Gasteiger partial charge in [-0.3, -0.25) is 9.59 Å². The Morgan fingerprint density at radius 3 is 2.43 bits per heavy atom. The average molecular weight is 345 g/mol. The van der Waals surface area contributed by atoms with Crippen LogP contribution >= 0.6 is 11.6 Å². The molecule has 0 unspecified atom stereocenters. The number of benzene rings is 1. The summed E-state index contributed by atoms with van der Waals surface area (Å²) in [4.78, 5) is 34.0. The summed E-state index contributed by atoms with van der Waals surface area (Å²) in [5, 5.41) is 11.4. The fraction of sp³-hybridized carbons (Fsp3) is 0.357. The Bertz CT molecular complexity index is 644. The molecule has 126 valence electrons. The molecule has 1 aromatic rings. The van der Waals surface area contributed by atoms with Gasteiger partial charge in [0.25, 0.3) is 11.8 Å². The average Bonchev–Trinajstić information content (AvgIpc) is 2.44. The number of rotatable bonds is 7. The van der Waals surface area contributed by atoms with Gasteiger partial charge >= 0.3 is 5.97 Å². The number of aliphatic carboxylic acids is 1. The predicted molar refractivity (Wildman–Crippen MR) is 81.9 cm³/mol. The summed E-state index contributed by atoms with van der Waals surface area (Å²) in [5.74, 6) is -2.38. The van der Waals surface area contributed by atoms with Crippen molar-refractivity contribution in [1.29, 1.82) is 0 Å². The third-order valence-corrected chi connectivity index (χ3v) is 3.09. The highest BCUT2D eigenvalue weighted by molar-refractivity contribution is 6.32. The molecule has 0 aromatic heterocycles. The lowest BCUT2D eigenvalue weighted by molar-refractivity contribution is -0.143. The zero-order valence-electron chi connectivity index (χ0n) is 12.8. The van der Waals surface area contributed by atoms with Crippen LogP contribution in [0.15, 0.2) is 12.1 Å². The van der Waals surface area contributed by atoms with Crippen LogP contribution in [0.25, 0.3) is 0 Å². The fourth-order valence-corrected chi connectivity index (χ4v) is 1.81. The first kappa shape index (κ1) is 18.6. The maximum Gasteiger partial charge on any atom is 0.328 e. The number of carbonyl (C=O) groups excluding carboxylic acids is 2. The molecule has 2 amide bonds. The lowest BCUT2D eigenvalue weighted by Crippen LogP contribution is -2.49. The van der Waals surface area contributed by atoms with Gasteiger partial charge in [0.15, 0.2) is 18.1 Å². The van der Waals surface area contributed by atoms with Crippen molar-refractivity contribution in [3.05, 3.63) is 22.7 Å². The Kier molecular flexibility index (Phi) is 5.80. The van der Waals surface area contributed by atoms with Crippen molar-refractivity contribution >= 4 is 29.4 Å². The number of amides is 2. The van der Waals surface area contributed by atoms with Gasteiger partial charge in [0.2, 0.25) is 0 Å². The summed E-state index contributed by atoms with van der Waals surface area (Å²) in [6, 6.07) is 2.59. The van der Waals surface area contributed by atoms with Crippen LogP contribution in [0.4, 0.5) is 0 Å². The molecule has 8 nitrogen and oxygen atoms in total. The van der Waals surface area contributed by atoms with E-state index in [9.17, 15) is 14.4 Å². The van der Waals surface area contributed by atoms with E-state index >= 15 is 0 Å². The van der Waals surface area contributed by atoms with Crippen molar-refractivity contribution < 1.29 is 29.0 Å². The molecule has 0 saturated carbocycles. The molecule has 0 aliphatic rings. The van der Waals surface area contributed by atoms with Gasteiger partial charge in [-0.25, -0.2) is 4.79 Å². The largest absolute Gasteiger partial charge is 0.493 e. The van der Waals surface area contributed by atoms with E-state index in [2.05, 4.69) is 5.32 Å². The first-order valence-electron chi connectivity index (χ1n) is 6.43. The van der Waals surface area contributed by atoms with E-state index in [4.69, 9.17) is 31.9 Å². The molecule has 4 N–H and O–H groups in total. The van der Waals surface area contributed by atoms with Gasteiger partial charge in [0.1, 0.15) is 5.54 Å². The second-order valence-electron chi connectivity index (χ2n) is 5.13. The van der Waals surface area contributed by atoms with E-state index in [0.717, 1.165) is 0 Å². The van der Waals surface area contributed by atoms with Gasteiger partial charge in [0, 0.05) is 5.56 Å². The summed E-state index contributed by atoms with van der Waals surface area (Å²) in [6.07, 6.45) is 0. The van der Waals surface area contributed by atoms with Crippen molar-refractivity contribution in [2.75, 3.05) is 13.7 Å². The minimum atomic E-state index is -1.46. The second-order valence-corrected chi connectivity index (χ2v) is 5.54. The lowest BCUT2D eigenvalue weighted by Gasteiger charge is -2.21. The highest BCUT2D eigenvalue weighted by Gasteiger charge is 2.30. The van der Waals surface area contributed by atoms with E-state index in [1.54, 1.807) is 0 Å². The summed E-state index contributed by atoms with van der Waals surface area (Å²) in [6.45, 7) is 2.28. The number of hydrogen-bond acceptors (Lipinski definition) is 5. The van der Waals surface area contributed by atoms with Crippen molar-refractivity contribution in [1.82, 2.24) is 5.32 Å². The number of hydrogen-bond donors (Lipinski definition) is 3. The minimum Gasteiger partial charge on any atom is -0.493 e. The molecular weight excluding hydrogens is 328 g/mol. The highest BCUT2D eigenvalue weighted by Crippen LogP contribution is 2.36. The Morgan fingerprint density at radius 2 is 1.96 bits per heavy atom. The van der Waals surface area contributed by atoms with E-state index in [1.807, 2.05) is 0 Å². The predicted octanol–water partition coefficient (Wildman–Crippen LogP) is 0.806. The Morgan fingerprint density at radius 1 is 1.35 bits per heavy atom. The van der Waals surface area contributed by atoms with Crippen LogP contribution in [0.3, 0.4) is 0 Å². The standard InChI is InChI=1S/C14H17ClN2O6/c1-14(2,13(20)21)17-12(19)7-4-8(15)11(9(5-7)22-3)23-6-10(16)18/h4-5H,6H2,1-3H3,(H2,16,18)(H,17,19)(H,20,21). The van der Waals surface area contributed by atoms with Crippen LogP contribution in [0.1, 0.15) is 24.2 Å². The number of carboxylic acids is 1. The van der Waals surface area contributed by atoms with Gasteiger partial charge in [-0.15, -0.1) is 0 Å². The third-order valence-electron chi connectivity index (χ3n) is 2.81. The van der Waals surface area contributed by atoms with Crippen LogP contribution in [-0.2, 0) is 9.59 Å². The van der Waals surface area contributed by atoms with Crippen LogP contribution < -0.4 is 20.5 Å². The van der Waals surface area contributed by atoms with Crippen LogP contribution in [0.2, 0.25) is 5.02 Å². The van der Waals surface area contributed by atoms with E-state index in [-0.39, 0.29) is 22.1 Å². The number of primary amides is 1. The Balaban J connectivity index is 3.10. The zero-order chi connectivity index (χ0) is 17.8. The lowest BCUT2D eigenvalue weighted by atomic mass is 10.0. The molecule has 0 atom stereocenters. The Labute approximate surface area is 137 Å². The molecule has 0 aliphatic carbocycles. The van der Waals surface area contributed by atoms with Crippen molar-refractivity contribution in [2.45, 2.75) is 19.4 Å². The summed E-state index contributed by atoms with van der Waals surface area (Å²) < 4.78 is 10.2. The highest BCUT2D eigenvalue weighted by atomic mass is 35.5. The first-order valence-corrected chi connectivity index (χ1v) is 6.81. The topological polar surface area (TPSA) is 128 Å². The smallest absolute Gasteiger partial charge is 0.328 e. The maximum atomic E-state index is 12.2. The van der Waals surface area contributed by atoms with Crippen molar-refractivity contribution in [2.24, 2.45) is 5.73 Å². The van der Waals surface area contributed by atoms with Gasteiger partial charge in [-0.1, -0.05) is 11.6 Å². The van der Waals surface area contributed by atoms with Crippen LogP contribution in [0.5, 0.6) is 11.5 Å². The molecule has 9 heteroatoms. The number of nitrogens with two attached hydrogens (primary N) is 1. The minimum absolute atomic E-state index is 0.0175. The fourth-order valence-electron chi connectivity index (χ4n) is 1.54. The number of methoxy groups -OCH3 is 1. The number of halogens is 1. The number of ether oxygens (including phenoxy) is 2. The first-order chi connectivity index (χ1) is 10.6. The molecule has 0 aliphatic heterocycles. The van der Waals surface area contributed by atoms with Gasteiger partial charge in [-0.2, -0.15) is 0 Å². The summed E-state index contributed by atoms with van der Waals surface area (Å²) in [7, 11) is 1.33. The molecule has 0 radical (unpaired) electrons. The summed E-state index contributed by atoms with van der Waals surface area (Å²) >= 11 is 6.02. The molecule has 0 bridgehead atoms. The van der Waals surface area contributed by atoms with Crippen molar-refractivity contribution in [3.8, 4) is 11.5 Å². The monoisotopic (exact) mass is 344 g/mol. The Hall–Kier alpha value is -2.48. The van der Waals surface area contributed by atoms with Gasteiger partial charge in [-0.05, 0) is 26.0 Å². The molecular formula is C14H17ClN2O6. The molecule has 1 aromatic carbocycles. The second kappa shape index (κ2) is 7.19. The maximum absolute atomic E-state index is 12.2. The molecule has 0 heterocycles. The van der Waals surface area contributed by atoms with Crippen molar-refractivity contribution in [3.63, 3.8) is 0 Å². The molecule has 0 saturated heterocycles. The summed E-state index contributed by atoms with van der Waals surface area (Å²) in [5.41, 5.74) is 3.61. The van der Waals surface area contributed by atoms with Crippen LogP contribution in [-0.4, -0.2) is 42.1 Å². The normalized spacial score (nSPS) is 10.8. The third kappa shape index (κ3) is 4.75. The number of carboxylic acid groups (broad SMARTS) is 1. The number of nitrogens with one attached hydrogen (secondary N) is 1. The molecule has 0 fully saturated rings. The molecule has 1 rings (SSSR count). The SMILES string of the molecule is COc1cc(C(=O)NC(C)(C)C(=O)O)cc(Cl)c1OCC(N)=O. The number of carbonyl (C=O) groups is 3. The van der Waals surface area contributed by atoms with E-state index in [0.29, 0.717) is 0 Å². The quantitative estimate of drug-likeness (QED) is 0.671. The van der Waals surface area contributed by atoms with Gasteiger partial charge < -0.3 is 25.6 Å². The van der Waals surface area contributed by atoms with E-state index in [1.165, 1.54) is 33.1 Å². The van der Waals surface area contributed by atoms with Crippen LogP contribution in [0, 0.1) is 0 Å². The molecule has 23 heavy (non-hydrogen) atoms. The molecule has 0 spiro atoms. The van der Waals surface area contributed by atoms with E-state index < -0.39 is 29.9 Å². The zero-order valence-corrected chi connectivity index (χ0v) is 13.6.